The van der Waals surface area contributed by atoms with E-state index in [0.717, 1.165) is 45.6 Å². The van der Waals surface area contributed by atoms with Crippen molar-refractivity contribution in [2.45, 2.75) is 32.6 Å². The van der Waals surface area contributed by atoms with E-state index in [1.54, 1.807) is 0 Å². The van der Waals surface area contributed by atoms with Gasteiger partial charge in [-0.3, -0.25) is 4.79 Å². The van der Waals surface area contributed by atoms with E-state index in [0.29, 0.717) is 12.3 Å². The van der Waals surface area contributed by atoms with Crippen molar-refractivity contribution in [1.82, 2.24) is 10.6 Å². The summed E-state index contributed by atoms with van der Waals surface area (Å²) in [6.45, 7) is 7.10. The SMILES string of the molecule is CCN(CCCNC(=O)CCC1CCNC1)c1ccccc1. The minimum atomic E-state index is 0.203. The Morgan fingerprint density at radius 1 is 1.36 bits per heavy atom. The van der Waals surface area contributed by atoms with Gasteiger partial charge in [0.15, 0.2) is 0 Å². The molecule has 2 N–H and O–H groups in total. The third kappa shape index (κ3) is 5.68. The standard InChI is InChI=1S/C18H29N3O/c1-2-21(17-7-4-3-5-8-17)14-6-12-20-18(22)10-9-16-11-13-19-15-16/h3-5,7-8,16,19H,2,6,9-15H2,1H3,(H,20,22). The number of rotatable bonds is 9. The smallest absolute Gasteiger partial charge is 0.220 e. The molecule has 0 aromatic heterocycles. The number of amides is 1. The number of hydrogen-bond acceptors (Lipinski definition) is 3. The minimum Gasteiger partial charge on any atom is -0.372 e. The van der Waals surface area contributed by atoms with E-state index < -0.39 is 0 Å². The first-order valence-corrected chi connectivity index (χ1v) is 8.57. The summed E-state index contributed by atoms with van der Waals surface area (Å²) in [6, 6.07) is 10.4. The van der Waals surface area contributed by atoms with E-state index >= 15 is 0 Å². The zero-order chi connectivity index (χ0) is 15.6. The Bertz CT molecular complexity index is 429. The first kappa shape index (κ1) is 16.8. The molecule has 1 atom stereocenters. The fourth-order valence-electron chi connectivity index (χ4n) is 2.99. The van der Waals surface area contributed by atoms with Gasteiger partial charge in [0.1, 0.15) is 0 Å². The largest absolute Gasteiger partial charge is 0.372 e. The lowest BCUT2D eigenvalue weighted by Crippen LogP contribution is -2.30. The predicted molar refractivity (Wildman–Crippen MR) is 92.2 cm³/mol. The maximum absolute atomic E-state index is 11.8. The average molecular weight is 303 g/mol. The van der Waals surface area contributed by atoms with Gasteiger partial charge in [-0.05, 0) is 57.3 Å². The molecule has 4 heteroatoms. The molecule has 0 radical (unpaired) electrons. The Balaban J connectivity index is 1.58. The van der Waals surface area contributed by atoms with Crippen LogP contribution in [-0.4, -0.2) is 38.6 Å². The molecule has 1 heterocycles. The number of para-hydroxylation sites is 1. The summed E-state index contributed by atoms with van der Waals surface area (Å²) in [5, 5.41) is 6.40. The second kappa shape index (κ2) is 9.46. The second-order valence-electron chi connectivity index (χ2n) is 6.02. The predicted octanol–water partition coefficient (Wildman–Crippen LogP) is 2.41. The Morgan fingerprint density at radius 2 is 2.18 bits per heavy atom. The van der Waals surface area contributed by atoms with Crippen molar-refractivity contribution >= 4 is 11.6 Å². The molecule has 1 saturated heterocycles. The van der Waals surface area contributed by atoms with Crippen LogP contribution in [0, 0.1) is 5.92 Å². The molecular formula is C18H29N3O. The molecule has 122 valence electrons. The van der Waals surface area contributed by atoms with Gasteiger partial charge in [0.25, 0.3) is 0 Å². The minimum absolute atomic E-state index is 0.203. The van der Waals surface area contributed by atoms with Crippen LogP contribution < -0.4 is 15.5 Å². The Labute approximate surface area is 134 Å². The van der Waals surface area contributed by atoms with Gasteiger partial charge in [-0.25, -0.2) is 0 Å². The van der Waals surface area contributed by atoms with E-state index in [1.165, 1.54) is 12.1 Å². The summed E-state index contributed by atoms with van der Waals surface area (Å²) in [7, 11) is 0. The lowest BCUT2D eigenvalue weighted by molar-refractivity contribution is -0.121. The summed E-state index contributed by atoms with van der Waals surface area (Å²) in [5.74, 6) is 0.897. The van der Waals surface area contributed by atoms with Gasteiger partial charge in [0, 0.05) is 31.7 Å². The van der Waals surface area contributed by atoms with Crippen LogP contribution in [0.1, 0.15) is 32.6 Å². The lowest BCUT2D eigenvalue weighted by atomic mass is 10.0. The molecule has 0 bridgehead atoms. The monoisotopic (exact) mass is 303 g/mol. The van der Waals surface area contributed by atoms with Gasteiger partial charge >= 0.3 is 0 Å². The van der Waals surface area contributed by atoms with Crippen molar-refractivity contribution in [1.29, 1.82) is 0 Å². The molecule has 4 nitrogen and oxygen atoms in total. The summed E-state index contributed by atoms with van der Waals surface area (Å²) in [6.07, 6.45) is 3.89. The summed E-state index contributed by atoms with van der Waals surface area (Å²) in [4.78, 5) is 14.2. The highest BCUT2D eigenvalue weighted by molar-refractivity contribution is 5.75. The average Bonchev–Trinajstić information content (AvgIpc) is 3.07. The van der Waals surface area contributed by atoms with Crippen LogP contribution >= 0.6 is 0 Å². The van der Waals surface area contributed by atoms with Crippen molar-refractivity contribution < 1.29 is 4.79 Å². The van der Waals surface area contributed by atoms with Crippen LogP contribution in [0.5, 0.6) is 0 Å². The number of nitrogens with zero attached hydrogens (tertiary/aromatic N) is 1. The van der Waals surface area contributed by atoms with Gasteiger partial charge in [-0.1, -0.05) is 18.2 Å². The highest BCUT2D eigenvalue weighted by Crippen LogP contribution is 2.14. The van der Waals surface area contributed by atoms with Gasteiger partial charge in [-0.2, -0.15) is 0 Å². The molecule has 22 heavy (non-hydrogen) atoms. The lowest BCUT2D eigenvalue weighted by Gasteiger charge is -2.23. The van der Waals surface area contributed by atoms with Crippen LogP contribution in [0.4, 0.5) is 5.69 Å². The molecule has 1 aliphatic rings. The van der Waals surface area contributed by atoms with Gasteiger partial charge in [0.2, 0.25) is 5.91 Å². The van der Waals surface area contributed by atoms with E-state index in [2.05, 4.69) is 46.7 Å². The normalized spacial score (nSPS) is 17.4. The molecule has 1 amide bonds. The Kier molecular flexibility index (Phi) is 7.23. The number of anilines is 1. The zero-order valence-corrected chi connectivity index (χ0v) is 13.7. The molecular weight excluding hydrogens is 274 g/mol. The summed E-state index contributed by atoms with van der Waals surface area (Å²) >= 11 is 0. The van der Waals surface area contributed by atoms with Gasteiger partial charge in [-0.15, -0.1) is 0 Å². The van der Waals surface area contributed by atoms with Crippen molar-refractivity contribution in [3.8, 4) is 0 Å². The van der Waals surface area contributed by atoms with Crippen molar-refractivity contribution in [2.24, 2.45) is 5.92 Å². The number of benzene rings is 1. The maximum Gasteiger partial charge on any atom is 0.220 e. The van der Waals surface area contributed by atoms with Crippen molar-refractivity contribution in [3.63, 3.8) is 0 Å². The van der Waals surface area contributed by atoms with Gasteiger partial charge in [0.05, 0.1) is 0 Å². The number of carbonyl (C=O) groups is 1. The molecule has 1 unspecified atom stereocenters. The number of hydrogen-bond donors (Lipinski definition) is 2. The van der Waals surface area contributed by atoms with E-state index in [-0.39, 0.29) is 5.91 Å². The second-order valence-corrected chi connectivity index (χ2v) is 6.02. The van der Waals surface area contributed by atoms with Crippen LogP contribution in [-0.2, 0) is 4.79 Å². The quantitative estimate of drug-likeness (QED) is 0.689. The highest BCUT2D eigenvalue weighted by atomic mass is 16.1. The highest BCUT2D eigenvalue weighted by Gasteiger charge is 2.15. The fourth-order valence-corrected chi connectivity index (χ4v) is 2.99. The molecule has 0 saturated carbocycles. The van der Waals surface area contributed by atoms with E-state index in [4.69, 9.17) is 0 Å². The number of carbonyl (C=O) groups excluding carboxylic acids is 1. The van der Waals surface area contributed by atoms with E-state index in [9.17, 15) is 4.79 Å². The summed E-state index contributed by atoms with van der Waals surface area (Å²) < 4.78 is 0. The Morgan fingerprint density at radius 3 is 2.86 bits per heavy atom. The van der Waals surface area contributed by atoms with Crippen molar-refractivity contribution in [3.05, 3.63) is 30.3 Å². The topological polar surface area (TPSA) is 44.4 Å². The van der Waals surface area contributed by atoms with Gasteiger partial charge < -0.3 is 15.5 Å². The first-order chi connectivity index (χ1) is 10.8. The summed E-state index contributed by atoms with van der Waals surface area (Å²) in [5.41, 5.74) is 1.25. The molecule has 1 aromatic rings. The molecule has 0 spiro atoms. The maximum atomic E-state index is 11.8. The third-order valence-electron chi connectivity index (χ3n) is 4.37. The van der Waals surface area contributed by atoms with Crippen molar-refractivity contribution in [2.75, 3.05) is 37.6 Å². The van der Waals surface area contributed by atoms with Crippen LogP contribution in [0.25, 0.3) is 0 Å². The molecule has 2 rings (SSSR count). The first-order valence-electron chi connectivity index (χ1n) is 8.57. The fraction of sp³-hybridized carbons (Fsp3) is 0.611. The molecule has 1 aliphatic heterocycles. The van der Waals surface area contributed by atoms with E-state index in [1.807, 2.05) is 6.07 Å². The zero-order valence-electron chi connectivity index (χ0n) is 13.7. The number of nitrogens with one attached hydrogen (secondary N) is 2. The molecule has 1 fully saturated rings. The molecule has 0 aliphatic carbocycles. The third-order valence-corrected chi connectivity index (χ3v) is 4.37. The van der Waals surface area contributed by atoms with Crippen LogP contribution in [0.3, 0.4) is 0 Å². The Hall–Kier alpha value is -1.55. The van der Waals surface area contributed by atoms with Crippen LogP contribution in [0.2, 0.25) is 0 Å². The molecule has 1 aromatic carbocycles. The van der Waals surface area contributed by atoms with Crippen LogP contribution in [0.15, 0.2) is 30.3 Å².